The van der Waals surface area contributed by atoms with Gasteiger partial charge in [0.1, 0.15) is 5.75 Å². The summed E-state index contributed by atoms with van der Waals surface area (Å²) in [6.07, 6.45) is -2.64. The third kappa shape index (κ3) is 2.92. The summed E-state index contributed by atoms with van der Waals surface area (Å²) in [5, 5.41) is 0. The van der Waals surface area contributed by atoms with Crippen LogP contribution in [0, 0.1) is 0 Å². The van der Waals surface area contributed by atoms with Gasteiger partial charge in [0, 0.05) is 21.6 Å². The first-order valence-electron chi connectivity index (χ1n) is 3.45. The van der Waals surface area contributed by atoms with Crippen LogP contribution >= 0.6 is 27.5 Å². The molecule has 0 atom stereocenters. The van der Waals surface area contributed by atoms with E-state index >= 15 is 0 Å². The molecule has 1 aromatic rings. The molecule has 0 amide bonds. The molecule has 0 aliphatic rings. The van der Waals surface area contributed by atoms with Crippen LogP contribution in [0.5, 0.6) is 5.75 Å². The summed E-state index contributed by atoms with van der Waals surface area (Å²) in [6.45, 7) is 0. The Hall–Kier alpha value is -0.680. The average molecular weight is 285 g/mol. The van der Waals surface area contributed by atoms with Crippen LogP contribution in [0.15, 0.2) is 22.7 Å². The Labute approximate surface area is 91.9 Å². The lowest BCUT2D eigenvalue weighted by atomic mass is 10.2. The number of hydrogen-bond donors (Lipinski definition) is 0. The number of halogens is 4. The van der Waals surface area contributed by atoms with Crippen LogP contribution in [0.25, 0.3) is 0 Å². The Morgan fingerprint density at radius 3 is 2.64 bits per heavy atom. The molecule has 0 bridgehead atoms. The Kier molecular flexibility index (Phi) is 3.83. The van der Waals surface area contributed by atoms with Gasteiger partial charge < -0.3 is 4.74 Å². The summed E-state index contributed by atoms with van der Waals surface area (Å²) in [6, 6.07) is 3.77. The van der Waals surface area contributed by atoms with E-state index in [2.05, 4.69) is 20.7 Å². The van der Waals surface area contributed by atoms with E-state index in [0.717, 1.165) is 6.07 Å². The molecule has 2 nitrogen and oxygen atoms in total. The quantitative estimate of drug-likeness (QED) is 0.764. The largest absolute Gasteiger partial charge is 0.414 e. The zero-order chi connectivity index (χ0) is 10.7. The number of carbonyl (C=O) groups is 1. The van der Waals surface area contributed by atoms with Crippen LogP contribution in [-0.4, -0.2) is 5.43 Å². The first-order chi connectivity index (χ1) is 6.50. The predicted molar refractivity (Wildman–Crippen MR) is 51.0 cm³/mol. The molecule has 0 fully saturated rings. The molecule has 1 aromatic carbocycles. The predicted octanol–water partition coefficient (Wildman–Crippen LogP) is 4.12. The van der Waals surface area contributed by atoms with Crippen molar-refractivity contribution in [2.24, 2.45) is 0 Å². The fourth-order valence-corrected chi connectivity index (χ4v) is 1.35. The molecule has 0 N–H and O–H groups in total. The molecule has 0 spiro atoms. The molecule has 0 aliphatic carbocycles. The maximum atomic E-state index is 12.3. The molecule has 0 radical (unpaired) electrons. The highest BCUT2D eigenvalue weighted by Crippen LogP contribution is 2.30. The van der Waals surface area contributed by atoms with Crippen LogP contribution in [-0.2, 0) is 0 Å². The average Bonchev–Trinajstić information content (AvgIpc) is 2.07. The zero-order valence-corrected chi connectivity index (χ0v) is 8.98. The number of alkyl halides is 2. The van der Waals surface area contributed by atoms with Gasteiger partial charge in [0.25, 0.3) is 6.43 Å². The third-order valence-corrected chi connectivity index (χ3v) is 2.20. The molecule has 0 saturated heterocycles. The molecule has 0 saturated carbocycles. The highest BCUT2D eigenvalue weighted by molar-refractivity contribution is 9.10. The van der Waals surface area contributed by atoms with Crippen LogP contribution < -0.4 is 4.74 Å². The molecule has 76 valence electrons. The van der Waals surface area contributed by atoms with Crippen molar-refractivity contribution in [3.8, 4) is 5.75 Å². The van der Waals surface area contributed by atoms with E-state index in [4.69, 9.17) is 11.6 Å². The van der Waals surface area contributed by atoms with Crippen LogP contribution in [0.4, 0.5) is 13.6 Å². The van der Waals surface area contributed by atoms with Gasteiger partial charge >= 0.3 is 5.43 Å². The van der Waals surface area contributed by atoms with Crippen molar-refractivity contribution in [1.29, 1.82) is 0 Å². The second-order valence-electron chi connectivity index (χ2n) is 2.32. The van der Waals surface area contributed by atoms with Crippen LogP contribution in [0.3, 0.4) is 0 Å². The van der Waals surface area contributed by atoms with Gasteiger partial charge in [-0.25, -0.2) is 13.6 Å². The van der Waals surface area contributed by atoms with E-state index in [-0.39, 0.29) is 15.8 Å². The molecule has 1 rings (SSSR count). The minimum atomic E-state index is -2.64. The summed E-state index contributed by atoms with van der Waals surface area (Å²) >= 11 is 7.87. The highest BCUT2D eigenvalue weighted by Gasteiger charge is 2.13. The van der Waals surface area contributed by atoms with Crippen molar-refractivity contribution in [1.82, 2.24) is 0 Å². The van der Waals surface area contributed by atoms with Gasteiger partial charge in [-0.2, -0.15) is 0 Å². The Bertz CT molecular complexity index is 357. The van der Waals surface area contributed by atoms with Crippen molar-refractivity contribution < 1.29 is 18.3 Å². The lowest BCUT2D eigenvalue weighted by Crippen LogP contribution is -1.97. The third-order valence-electron chi connectivity index (χ3n) is 1.40. The normalized spacial score (nSPS) is 10.4. The summed E-state index contributed by atoms with van der Waals surface area (Å²) in [5.74, 6) is -0.0106. The van der Waals surface area contributed by atoms with Crippen LogP contribution in [0.1, 0.15) is 12.0 Å². The number of hydrogen-bond acceptors (Lipinski definition) is 2. The van der Waals surface area contributed by atoms with Gasteiger partial charge in [-0.1, -0.05) is 15.9 Å². The molecule has 0 aliphatic heterocycles. The Morgan fingerprint density at radius 2 is 2.14 bits per heavy atom. The number of rotatable bonds is 2. The van der Waals surface area contributed by atoms with Gasteiger partial charge in [0.05, 0.1) is 0 Å². The Balaban J connectivity index is 3.00. The van der Waals surface area contributed by atoms with Crippen molar-refractivity contribution in [3.63, 3.8) is 0 Å². The second-order valence-corrected chi connectivity index (χ2v) is 3.49. The topological polar surface area (TPSA) is 26.3 Å². The van der Waals surface area contributed by atoms with Gasteiger partial charge in [0.2, 0.25) is 0 Å². The maximum Gasteiger partial charge on any atom is 0.409 e. The minimum absolute atomic E-state index is 0.0106. The second kappa shape index (κ2) is 4.70. The minimum Gasteiger partial charge on any atom is -0.414 e. The van der Waals surface area contributed by atoms with E-state index in [1.54, 1.807) is 0 Å². The van der Waals surface area contributed by atoms with Crippen molar-refractivity contribution in [2.45, 2.75) is 6.43 Å². The molecular weight excluding hydrogens is 281 g/mol. The van der Waals surface area contributed by atoms with Gasteiger partial charge in [-0.15, -0.1) is 0 Å². The summed E-state index contributed by atoms with van der Waals surface area (Å²) in [7, 11) is 0. The summed E-state index contributed by atoms with van der Waals surface area (Å²) < 4.78 is 29.4. The number of carbonyl (C=O) groups excluding carboxylic acids is 1. The standard InChI is InChI=1S/C8H4BrClF2O2/c9-6-2-1-4(14-8(10)13)3-5(6)7(11)12/h1-3,7H. The fourth-order valence-electron chi connectivity index (χ4n) is 0.845. The van der Waals surface area contributed by atoms with E-state index in [1.165, 1.54) is 12.1 Å². The van der Waals surface area contributed by atoms with E-state index in [9.17, 15) is 13.6 Å². The monoisotopic (exact) mass is 284 g/mol. The van der Waals surface area contributed by atoms with Crippen molar-refractivity contribution in [2.75, 3.05) is 0 Å². The lowest BCUT2D eigenvalue weighted by Gasteiger charge is -2.05. The van der Waals surface area contributed by atoms with Crippen molar-refractivity contribution >= 4 is 33.0 Å². The zero-order valence-electron chi connectivity index (χ0n) is 6.64. The van der Waals surface area contributed by atoms with Crippen molar-refractivity contribution in [3.05, 3.63) is 28.2 Å². The maximum absolute atomic E-state index is 12.3. The van der Waals surface area contributed by atoms with Crippen LogP contribution in [0.2, 0.25) is 0 Å². The molecule has 6 heteroatoms. The first-order valence-corrected chi connectivity index (χ1v) is 4.62. The number of ether oxygens (including phenoxy) is 1. The summed E-state index contributed by atoms with van der Waals surface area (Å²) in [5.41, 5.74) is -1.31. The van der Waals surface area contributed by atoms with Gasteiger partial charge in [0.15, 0.2) is 0 Å². The summed E-state index contributed by atoms with van der Waals surface area (Å²) in [4.78, 5) is 10.3. The van der Waals surface area contributed by atoms with E-state index < -0.39 is 11.9 Å². The van der Waals surface area contributed by atoms with Gasteiger partial charge in [-0.3, -0.25) is 0 Å². The highest BCUT2D eigenvalue weighted by atomic mass is 79.9. The van der Waals surface area contributed by atoms with E-state index in [1.807, 2.05) is 0 Å². The Morgan fingerprint density at radius 1 is 1.50 bits per heavy atom. The SMILES string of the molecule is O=C(Cl)Oc1ccc(Br)c(C(F)F)c1. The fraction of sp³-hybridized carbons (Fsp3) is 0.125. The molecular formula is C8H4BrClF2O2. The number of benzene rings is 1. The lowest BCUT2D eigenvalue weighted by molar-refractivity contribution is 0.150. The molecule has 14 heavy (non-hydrogen) atoms. The molecule has 0 aromatic heterocycles. The van der Waals surface area contributed by atoms with E-state index in [0.29, 0.717) is 0 Å². The molecule has 0 heterocycles. The molecule has 0 unspecified atom stereocenters. The smallest absolute Gasteiger partial charge is 0.409 e. The first kappa shape index (κ1) is 11.4. The van der Waals surface area contributed by atoms with Gasteiger partial charge in [-0.05, 0) is 18.2 Å².